The van der Waals surface area contributed by atoms with Crippen molar-refractivity contribution in [3.05, 3.63) is 29.8 Å². The fourth-order valence-corrected chi connectivity index (χ4v) is 2.31. The summed E-state index contributed by atoms with van der Waals surface area (Å²) in [6.07, 6.45) is -1.89. The Morgan fingerprint density at radius 3 is 2.52 bits per heavy atom. The van der Waals surface area contributed by atoms with Crippen molar-refractivity contribution in [1.82, 2.24) is 10.6 Å². The van der Waals surface area contributed by atoms with Gasteiger partial charge in [0.1, 0.15) is 5.75 Å². The molecular weight excluding hydrogens is 335 g/mol. The van der Waals surface area contributed by atoms with Crippen LogP contribution in [0.5, 0.6) is 5.75 Å². The fourth-order valence-electron chi connectivity index (χ4n) is 2.31. The zero-order valence-electron chi connectivity index (χ0n) is 14.1. The number of aliphatic hydroxyl groups excluding tert-OH is 1. The highest BCUT2D eigenvalue weighted by Crippen LogP contribution is 2.23. The third kappa shape index (κ3) is 7.64. The van der Waals surface area contributed by atoms with Crippen LogP contribution in [-0.4, -0.2) is 43.2 Å². The van der Waals surface area contributed by atoms with E-state index in [4.69, 9.17) is 0 Å². The summed E-state index contributed by atoms with van der Waals surface area (Å²) in [5, 5.41) is 16.0. The van der Waals surface area contributed by atoms with Gasteiger partial charge in [-0.3, -0.25) is 4.99 Å². The van der Waals surface area contributed by atoms with Gasteiger partial charge in [0.05, 0.1) is 0 Å². The zero-order valence-corrected chi connectivity index (χ0v) is 14.1. The van der Waals surface area contributed by atoms with Crippen LogP contribution >= 0.6 is 0 Å². The van der Waals surface area contributed by atoms with Gasteiger partial charge in [-0.2, -0.15) is 0 Å². The van der Waals surface area contributed by atoms with Crippen LogP contribution in [0, 0.1) is 5.92 Å². The number of alkyl halides is 3. The van der Waals surface area contributed by atoms with Crippen molar-refractivity contribution in [3.63, 3.8) is 0 Å². The summed E-state index contributed by atoms with van der Waals surface area (Å²) < 4.78 is 40.3. The lowest BCUT2D eigenvalue weighted by molar-refractivity contribution is -0.274. The lowest BCUT2D eigenvalue weighted by Gasteiger charge is -2.15. The minimum Gasteiger partial charge on any atom is -0.406 e. The first-order valence-electron chi connectivity index (χ1n) is 8.40. The van der Waals surface area contributed by atoms with Crippen LogP contribution in [0.15, 0.2) is 29.3 Å². The monoisotopic (exact) mass is 359 g/mol. The van der Waals surface area contributed by atoms with Crippen molar-refractivity contribution >= 4 is 5.96 Å². The minimum absolute atomic E-state index is 0.0485. The van der Waals surface area contributed by atoms with Gasteiger partial charge < -0.3 is 20.5 Å². The molecule has 1 aromatic carbocycles. The molecule has 1 fully saturated rings. The summed E-state index contributed by atoms with van der Waals surface area (Å²) in [6, 6.07) is 6.17. The lowest BCUT2D eigenvalue weighted by Crippen LogP contribution is -2.39. The lowest BCUT2D eigenvalue weighted by atomic mass is 10.0. The van der Waals surface area contributed by atoms with Crippen LogP contribution in [0.3, 0.4) is 0 Å². The van der Waals surface area contributed by atoms with Crippen molar-refractivity contribution in [2.24, 2.45) is 10.9 Å². The van der Waals surface area contributed by atoms with E-state index in [1.807, 2.05) is 6.92 Å². The first-order chi connectivity index (χ1) is 11.9. The number of rotatable bonds is 8. The number of guanidine groups is 1. The highest BCUT2D eigenvalue weighted by atomic mass is 19.4. The van der Waals surface area contributed by atoms with Crippen LogP contribution in [0.2, 0.25) is 0 Å². The van der Waals surface area contributed by atoms with Crippen LogP contribution < -0.4 is 15.4 Å². The van der Waals surface area contributed by atoms with E-state index < -0.39 is 6.36 Å². The molecule has 1 saturated carbocycles. The number of halogens is 3. The van der Waals surface area contributed by atoms with Crippen molar-refractivity contribution in [2.45, 2.75) is 38.6 Å². The van der Waals surface area contributed by atoms with E-state index in [1.54, 1.807) is 12.1 Å². The van der Waals surface area contributed by atoms with Gasteiger partial charge in [-0.25, -0.2) is 0 Å². The molecule has 140 valence electrons. The maximum Gasteiger partial charge on any atom is 0.573 e. The van der Waals surface area contributed by atoms with Crippen molar-refractivity contribution in [3.8, 4) is 5.75 Å². The SMILES string of the molecule is CCNC(=NCC(CO)Cc1ccc(OC(F)(F)F)cc1)NC1CC1. The normalized spacial score (nSPS) is 16.4. The van der Waals surface area contributed by atoms with E-state index in [2.05, 4.69) is 20.4 Å². The Kier molecular flexibility index (Phi) is 6.92. The van der Waals surface area contributed by atoms with E-state index >= 15 is 0 Å². The summed E-state index contributed by atoms with van der Waals surface area (Å²) in [5.74, 6) is 0.374. The molecule has 1 aliphatic rings. The number of ether oxygens (including phenoxy) is 1. The molecule has 0 radical (unpaired) electrons. The van der Waals surface area contributed by atoms with Gasteiger partial charge in [-0.05, 0) is 43.9 Å². The van der Waals surface area contributed by atoms with Crippen LogP contribution in [0.25, 0.3) is 0 Å². The standard InChI is InChI=1S/C17H24F3N3O2/c1-2-21-16(23-14-5-6-14)22-10-13(11-24)9-12-3-7-15(8-4-12)25-17(18,19)20/h3-4,7-8,13-14,24H,2,5-6,9-11H2,1H3,(H2,21,22,23). The predicted molar refractivity (Wildman–Crippen MR) is 89.5 cm³/mol. The van der Waals surface area contributed by atoms with Crippen molar-refractivity contribution in [2.75, 3.05) is 19.7 Å². The molecule has 1 unspecified atom stereocenters. The molecule has 1 aromatic rings. The van der Waals surface area contributed by atoms with Crippen LogP contribution in [0.4, 0.5) is 13.2 Å². The molecule has 25 heavy (non-hydrogen) atoms. The summed E-state index contributed by atoms with van der Waals surface area (Å²) in [6.45, 7) is 3.12. The molecule has 2 rings (SSSR count). The second-order valence-electron chi connectivity index (χ2n) is 6.08. The minimum atomic E-state index is -4.69. The van der Waals surface area contributed by atoms with E-state index in [0.717, 1.165) is 30.9 Å². The highest BCUT2D eigenvalue weighted by molar-refractivity contribution is 5.80. The van der Waals surface area contributed by atoms with Gasteiger partial charge >= 0.3 is 6.36 Å². The van der Waals surface area contributed by atoms with E-state index in [1.165, 1.54) is 12.1 Å². The third-order valence-electron chi connectivity index (χ3n) is 3.71. The number of hydrogen-bond donors (Lipinski definition) is 3. The number of aliphatic imine (C=N–C) groups is 1. The first kappa shape index (κ1) is 19.4. The molecule has 0 heterocycles. The summed E-state index contributed by atoms with van der Waals surface area (Å²) >= 11 is 0. The Labute approximate surface area is 145 Å². The fraction of sp³-hybridized carbons (Fsp3) is 0.588. The molecule has 1 atom stereocenters. The summed E-state index contributed by atoms with van der Waals surface area (Å²) in [5.41, 5.74) is 0.823. The average Bonchev–Trinajstić information content (AvgIpc) is 3.35. The molecule has 0 aromatic heterocycles. The van der Waals surface area contributed by atoms with Gasteiger partial charge in [-0.15, -0.1) is 13.2 Å². The molecule has 0 saturated heterocycles. The van der Waals surface area contributed by atoms with E-state index in [9.17, 15) is 18.3 Å². The van der Waals surface area contributed by atoms with Gasteiger partial charge in [0.25, 0.3) is 0 Å². The number of hydrogen-bond acceptors (Lipinski definition) is 3. The van der Waals surface area contributed by atoms with Crippen LogP contribution in [-0.2, 0) is 6.42 Å². The quantitative estimate of drug-likeness (QED) is 0.493. The largest absolute Gasteiger partial charge is 0.573 e. The molecule has 1 aliphatic carbocycles. The molecule has 0 aliphatic heterocycles. The van der Waals surface area contributed by atoms with E-state index in [0.29, 0.717) is 19.0 Å². The maximum atomic E-state index is 12.2. The predicted octanol–water partition coefficient (Wildman–Crippen LogP) is 2.45. The Morgan fingerprint density at radius 2 is 2.00 bits per heavy atom. The zero-order chi connectivity index (χ0) is 18.3. The highest BCUT2D eigenvalue weighted by Gasteiger charge is 2.31. The van der Waals surface area contributed by atoms with Gasteiger partial charge in [0, 0.05) is 31.7 Å². The first-order valence-corrected chi connectivity index (χ1v) is 8.40. The molecular formula is C17H24F3N3O2. The Hall–Kier alpha value is -1.96. The number of benzene rings is 1. The molecule has 0 amide bonds. The van der Waals surface area contributed by atoms with Gasteiger partial charge in [0.2, 0.25) is 0 Å². The number of nitrogens with zero attached hydrogens (tertiary/aromatic N) is 1. The number of aliphatic hydroxyl groups is 1. The van der Waals surface area contributed by atoms with Gasteiger partial charge in [-0.1, -0.05) is 12.1 Å². The molecule has 5 nitrogen and oxygen atoms in total. The number of nitrogens with one attached hydrogen (secondary N) is 2. The second-order valence-corrected chi connectivity index (χ2v) is 6.08. The Bertz CT molecular complexity index is 557. The maximum absolute atomic E-state index is 12.2. The van der Waals surface area contributed by atoms with E-state index in [-0.39, 0.29) is 18.3 Å². The van der Waals surface area contributed by atoms with Crippen LogP contribution in [0.1, 0.15) is 25.3 Å². The molecule has 0 spiro atoms. The third-order valence-corrected chi connectivity index (χ3v) is 3.71. The average molecular weight is 359 g/mol. The molecule has 3 N–H and O–H groups in total. The van der Waals surface area contributed by atoms with Crippen molar-refractivity contribution < 1.29 is 23.0 Å². The second kappa shape index (κ2) is 8.94. The Balaban J connectivity index is 1.89. The smallest absolute Gasteiger partial charge is 0.406 e. The summed E-state index contributed by atoms with van der Waals surface area (Å²) in [4.78, 5) is 4.49. The molecule has 8 heteroatoms. The topological polar surface area (TPSA) is 65.9 Å². The summed E-state index contributed by atoms with van der Waals surface area (Å²) in [7, 11) is 0. The van der Waals surface area contributed by atoms with Gasteiger partial charge in [0.15, 0.2) is 5.96 Å². The van der Waals surface area contributed by atoms with Crippen molar-refractivity contribution in [1.29, 1.82) is 0 Å². The molecule has 0 bridgehead atoms. The Morgan fingerprint density at radius 1 is 1.32 bits per heavy atom.